The molecule has 0 atom stereocenters. The number of nitrogens with zero attached hydrogens (tertiary/aromatic N) is 1. The number of anilines is 1. The van der Waals surface area contributed by atoms with E-state index in [9.17, 15) is 4.79 Å². The van der Waals surface area contributed by atoms with Crippen molar-refractivity contribution >= 4 is 23.8 Å². The molecular weight excluding hydrogens is 238 g/mol. The molecule has 0 aliphatic rings. The molecule has 1 aromatic carbocycles. The van der Waals surface area contributed by atoms with E-state index in [0.29, 0.717) is 24.5 Å². The third kappa shape index (κ3) is 2.68. The molecule has 0 fully saturated rings. The molecule has 1 heterocycles. The number of carbonyl (C=O) groups excluding carboxylic acids is 1. The van der Waals surface area contributed by atoms with Crippen LogP contribution in [0.15, 0.2) is 40.8 Å². The molecule has 0 unspecified atom stereocenters. The van der Waals surface area contributed by atoms with Gasteiger partial charge in [-0.25, -0.2) is 0 Å². The molecule has 88 valence electrons. The molecule has 0 aliphatic heterocycles. The molecule has 3 nitrogen and oxygen atoms in total. The summed E-state index contributed by atoms with van der Waals surface area (Å²) in [6.45, 7) is 0.630. The minimum absolute atomic E-state index is 0.325. The number of hydrogen-bond acceptors (Lipinski definition) is 3. The number of carbonyl (C=O) groups is 1. The molecule has 2 aromatic rings. The highest BCUT2D eigenvalue weighted by Gasteiger charge is 2.08. The average Bonchev–Trinajstić information content (AvgIpc) is 2.81. The van der Waals surface area contributed by atoms with Crippen LogP contribution in [0.25, 0.3) is 0 Å². The van der Waals surface area contributed by atoms with E-state index >= 15 is 0 Å². The number of halogens is 1. The van der Waals surface area contributed by atoms with Crippen LogP contribution in [0.4, 0.5) is 5.88 Å². The maximum absolute atomic E-state index is 10.5. The van der Waals surface area contributed by atoms with Crippen LogP contribution in [0, 0.1) is 0 Å². The molecule has 0 bridgehead atoms. The van der Waals surface area contributed by atoms with E-state index in [1.807, 2.05) is 36.2 Å². The second kappa shape index (κ2) is 5.06. The summed E-state index contributed by atoms with van der Waals surface area (Å²) in [6, 6.07) is 11.1. The van der Waals surface area contributed by atoms with Crippen molar-refractivity contribution in [1.29, 1.82) is 0 Å². The number of furan rings is 1. The van der Waals surface area contributed by atoms with E-state index in [-0.39, 0.29) is 0 Å². The van der Waals surface area contributed by atoms with Crippen molar-refractivity contribution in [3.63, 3.8) is 0 Å². The molecule has 0 aliphatic carbocycles. The first-order valence-corrected chi connectivity index (χ1v) is 5.58. The zero-order valence-corrected chi connectivity index (χ0v) is 10.1. The van der Waals surface area contributed by atoms with Crippen molar-refractivity contribution in [1.82, 2.24) is 0 Å². The van der Waals surface area contributed by atoms with Gasteiger partial charge in [-0.2, -0.15) is 0 Å². The fourth-order valence-corrected chi connectivity index (χ4v) is 1.77. The van der Waals surface area contributed by atoms with Gasteiger partial charge in [0.15, 0.2) is 17.9 Å². The first-order valence-electron chi connectivity index (χ1n) is 5.20. The number of rotatable bonds is 4. The molecule has 0 N–H and O–H groups in total. The quantitative estimate of drug-likeness (QED) is 0.779. The van der Waals surface area contributed by atoms with Gasteiger partial charge in [-0.1, -0.05) is 29.8 Å². The van der Waals surface area contributed by atoms with E-state index in [2.05, 4.69) is 0 Å². The molecule has 17 heavy (non-hydrogen) atoms. The van der Waals surface area contributed by atoms with Crippen molar-refractivity contribution in [2.24, 2.45) is 0 Å². The third-order valence-electron chi connectivity index (χ3n) is 2.47. The topological polar surface area (TPSA) is 33.5 Å². The second-order valence-corrected chi connectivity index (χ2v) is 4.15. The van der Waals surface area contributed by atoms with Gasteiger partial charge in [0.25, 0.3) is 0 Å². The Kier molecular flexibility index (Phi) is 3.49. The van der Waals surface area contributed by atoms with E-state index in [1.165, 1.54) is 0 Å². The largest absolute Gasteiger partial charge is 0.438 e. The Morgan fingerprint density at radius 3 is 2.71 bits per heavy atom. The molecule has 0 radical (unpaired) electrons. The first kappa shape index (κ1) is 11.7. The van der Waals surface area contributed by atoms with Crippen LogP contribution < -0.4 is 4.90 Å². The van der Waals surface area contributed by atoms with Crippen molar-refractivity contribution in [2.45, 2.75) is 6.54 Å². The van der Waals surface area contributed by atoms with Gasteiger partial charge in [-0.05, 0) is 17.7 Å². The number of aldehydes is 1. The molecule has 0 saturated carbocycles. The fraction of sp³-hybridized carbons (Fsp3) is 0.154. The Hall–Kier alpha value is -1.74. The van der Waals surface area contributed by atoms with Crippen LogP contribution in [0.3, 0.4) is 0 Å². The van der Waals surface area contributed by atoms with E-state index in [4.69, 9.17) is 16.0 Å². The SMILES string of the molecule is CN(Cc1ccccc1Cl)c1ccc(C=O)o1. The zero-order chi connectivity index (χ0) is 12.3. The first-order chi connectivity index (χ1) is 8.20. The van der Waals surface area contributed by atoms with Crippen LogP contribution in [0.2, 0.25) is 5.02 Å². The fourth-order valence-electron chi connectivity index (χ4n) is 1.57. The van der Waals surface area contributed by atoms with Crippen LogP contribution in [-0.4, -0.2) is 13.3 Å². The Labute approximate surface area is 105 Å². The van der Waals surface area contributed by atoms with Crippen LogP contribution in [0.1, 0.15) is 16.1 Å². The predicted octanol–water partition coefficient (Wildman–Crippen LogP) is 3.38. The maximum atomic E-state index is 10.5. The van der Waals surface area contributed by atoms with E-state index < -0.39 is 0 Å². The summed E-state index contributed by atoms with van der Waals surface area (Å²) in [5, 5.41) is 0.724. The summed E-state index contributed by atoms with van der Waals surface area (Å²) < 4.78 is 5.32. The minimum Gasteiger partial charge on any atom is -0.438 e. The van der Waals surface area contributed by atoms with Gasteiger partial charge in [-0.15, -0.1) is 0 Å². The molecule has 0 amide bonds. The van der Waals surface area contributed by atoms with Gasteiger partial charge < -0.3 is 9.32 Å². The lowest BCUT2D eigenvalue weighted by atomic mass is 10.2. The van der Waals surface area contributed by atoms with Crippen molar-refractivity contribution in [3.05, 3.63) is 52.7 Å². The Morgan fingerprint density at radius 2 is 2.06 bits per heavy atom. The van der Waals surface area contributed by atoms with Crippen molar-refractivity contribution in [2.75, 3.05) is 11.9 Å². The van der Waals surface area contributed by atoms with Gasteiger partial charge in [0.1, 0.15) is 0 Å². The van der Waals surface area contributed by atoms with Gasteiger partial charge in [-0.3, -0.25) is 4.79 Å². The summed E-state index contributed by atoms with van der Waals surface area (Å²) in [5.74, 6) is 0.970. The monoisotopic (exact) mass is 249 g/mol. The van der Waals surface area contributed by atoms with E-state index in [1.54, 1.807) is 12.1 Å². The van der Waals surface area contributed by atoms with Gasteiger partial charge in [0.05, 0.1) is 0 Å². The standard InChI is InChI=1S/C13H12ClNO2/c1-15(13-7-6-11(9-16)17-13)8-10-4-2-3-5-12(10)14/h2-7,9H,8H2,1H3. The minimum atomic E-state index is 0.325. The summed E-state index contributed by atoms with van der Waals surface area (Å²) >= 11 is 6.07. The van der Waals surface area contributed by atoms with Gasteiger partial charge in [0.2, 0.25) is 0 Å². The Balaban J connectivity index is 2.14. The van der Waals surface area contributed by atoms with Crippen LogP contribution in [-0.2, 0) is 6.54 Å². The maximum Gasteiger partial charge on any atom is 0.196 e. The van der Waals surface area contributed by atoms with Crippen LogP contribution >= 0.6 is 11.6 Å². The summed E-state index contributed by atoms with van der Waals surface area (Å²) in [6.07, 6.45) is 0.687. The molecule has 2 rings (SSSR count). The summed E-state index contributed by atoms with van der Waals surface area (Å²) in [4.78, 5) is 12.4. The number of hydrogen-bond donors (Lipinski definition) is 0. The number of benzene rings is 1. The molecule has 4 heteroatoms. The zero-order valence-electron chi connectivity index (χ0n) is 9.39. The van der Waals surface area contributed by atoms with Crippen LogP contribution in [0.5, 0.6) is 0 Å². The molecule has 1 aromatic heterocycles. The molecular formula is C13H12ClNO2. The smallest absolute Gasteiger partial charge is 0.196 e. The molecule has 0 spiro atoms. The normalized spacial score (nSPS) is 10.2. The summed E-state index contributed by atoms with van der Waals surface area (Å²) in [5.41, 5.74) is 1.01. The van der Waals surface area contributed by atoms with E-state index in [0.717, 1.165) is 10.6 Å². The lowest BCUT2D eigenvalue weighted by Crippen LogP contribution is -2.15. The van der Waals surface area contributed by atoms with Crippen molar-refractivity contribution < 1.29 is 9.21 Å². The lowest BCUT2D eigenvalue weighted by molar-refractivity contribution is 0.110. The predicted molar refractivity (Wildman–Crippen MR) is 67.7 cm³/mol. The highest BCUT2D eigenvalue weighted by molar-refractivity contribution is 6.31. The van der Waals surface area contributed by atoms with Crippen molar-refractivity contribution in [3.8, 4) is 0 Å². The van der Waals surface area contributed by atoms with Gasteiger partial charge >= 0.3 is 0 Å². The lowest BCUT2D eigenvalue weighted by Gasteiger charge is -2.16. The second-order valence-electron chi connectivity index (χ2n) is 3.74. The van der Waals surface area contributed by atoms with Gasteiger partial charge in [0, 0.05) is 24.7 Å². The summed E-state index contributed by atoms with van der Waals surface area (Å²) in [7, 11) is 1.89. The highest BCUT2D eigenvalue weighted by Crippen LogP contribution is 2.21. The average molecular weight is 250 g/mol. The third-order valence-corrected chi connectivity index (χ3v) is 2.84. The highest BCUT2D eigenvalue weighted by atomic mass is 35.5. The molecule has 0 saturated heterocycles. The Morgan fingerprint density at radius 1 is 1.29 bits per heavy atom. The Bertz CT molecular complexity index is 522.